The lowest BCUT2D eigenvalue weighted by Gasteiger charge is -2.16. The summed E-state index contributed by atoms with van der Waals surface area (Å²) in [7, 11) is 0. The summed E-state index contributed by atoms with van der Waals surface area (Å²) in [4.78, 5) is 11.8. The third-order valence-corrected chi connectivity index (χ3v) is 2.43. The van der Waals surface area contributed by atoms with Crippen molar-refractivity contribution in [2.75, 3.05) is 0 Å². The molecule has 0 aromatic heterocycles. The second kappa shape index (κ2) is 4.80. The standard InChI is InChI=1S/C13H17ClO/c1-13(2,3)8-12(15)11-6-4-10(9-14)5-7-11/h4-7H,8-9H2,1-3H3. The molecule has 0 aliphatic heterocycles. The van der Waals surface area contributed by atoms with E-state index in [1.807, 2.05) is 24.3 Å². The fraction of sp³-hybridized carbons (Fsp3) is 0.462. The van der Waals surface area contributed by atoms with E-state index in [2.05, 4.69) is 20.8 Å². The number of carbonyl (C=O) groups is 1. The molecule has 1 aromatic carbocycles. The molecule has 1 aromatic rings. The molecule has 1 rings (SSSR count). The summed E-state index contributed by atoms with van der Waals surface area (Å²) in [5.41, 5.74) is 1.87. The zero-order valence-electron chi connectivity index (χ0n) is 9.51. The van der Waals surface area contributed by atoms with Crippen LogP contribution in [0.3, 0.4) is 0 Å². The van der Waals surface area contributed by atoms with E-state index in [1.165, 1.54) is 0 Å². The van der Waals surface area contributed by atoms with Gasteiger partial charge in [0, 0.05) is 17.9 Å². The monoisotopic (exact) mass is 224 g/mol. The van der Waals surface area contributed by atoms with E-state index in [-0.39, 0.29) is 11.2 Å². The number of carbonyl (C=O) groups excluding carboxylic acids is 1. The van der Waals surface area contributed by atoms with E-state index in [9.17, 15) is 4.79 Å². The van der Waals surface area contributed by atoms with Gasteiger partial charge in [-0.15, -0.1) is 11.6 Å². The normalized spacial score (nSPS) is 11.5. The first-order chi connectivity index (χ1) is 6.92. The van der Waals surface area contributed by atoms with Crippen LogP contribution in [0.2, 0.25) is 0 Å². The molecule has 0 spiro atoms. The number of hydrogen-bond acceptors (Lipinski definition) is 1. The van der Waals surface area contributed by atoms with Gasteiger partial charge in [-0.25, -0.2) is 0 Å². The van der Waals surface area contributed by atoms with Crippen LogP contribution in [0.15, 0.2) is 24.3 Å². The molecule has 0 aliphatic carbocycles. The van der Waals surface area contributed by atoms with Gasteiger partial charge in [0.25, 0.3) is 0 Å². The smallest absolute Gasteiger partial charge is 0.163 e. The Morgan fingerprint density at radius 1 is 1.20 bits per heavy atom. The van der Waals surface area contributed by atoms with Crippen molar-refractivity contribution in [3.05, 3.63) is 35.4 Å². The molecule has 0 aliphatic rings. The number of halogens is 1. The molecule has 0 amide bonds. The maximum Gasteiger partial charge on any atom is 0.163 e. The maximum atomic E-state index is 11.8. The number of benzene rings is 1. The van der Waals surface area contributed by atoms with E-state index in [0.717, 1.165) is 11.1 Å². The molecule has 0 atom stereocenters. The van der Waals surface area contributed by atoms with E-state index < -0.39 is 0 Å². The molecule has 82 valence electrons. The molecule has 2 heteroatoms. The Balaban J connectivity index is 2.75. The number of ketones is 1. The Morgan fingerprint density at radius 2 is 1.73 bits per heavy atom. The molecule has 0 fully saturated rings. The van der Waals surface area contributed by atoms with Crippen LogP contribution in [-0.2, 0) is 5.88 Å². The summed E-state index contributed by atoms with van der Waals surface area (Å²) in [5, 5.41) is 0. The van der Waals surface area contributed by atoms with Crippen LogP contribution >= 0.6 is 11.6 Å². The number of rotatable bonds is 3. The van der Waals surface area contributed by atoms with Crippen LogP contribution in [0.5, 0.6) is 0 Å². The number of Topliss-reactive ketones (excluding diaryl/α,β-unsaturated/α-hetero) is 1. The highest BCUT2D eigenvalue weighted by atomic mass is 35.5. The zero-order chi connectivity index (χ0) is 11.5. The van der Waals surface area contributed by atoms with Crippen LogP contribution in [0.4, 0.5) is 0 Å². The predicted octanol–water partition coefficient (Wildman–Crippen LogP) is 4.04. The summed E-state index contributed by atoms with van der Waals surface area (Å²) in [6, 6.07) is 7.52. The van der Waals surface area contributed by atoms with Gasteiger partial charge in [0.15, 0.2) is 5.78 Å². The Hall–Kier alpha value is -0.820. The van der Waals surface area contributed by atoms with Crippen molar-refractivity contribution in [3.8, 4) is 0 Å². The summed E-state index contributed by atoms with van der Waals surface area (Å²) in [6.45, 7) is 6.20. The largest absolute Gasteiger partial charge is 0.294 e. The minimum Gasteiger partial charge on any atom is -0.294 e. The lowest BCUT2D eigenvalue weighted by molar-refractivity contribution is 0.0940. The molecule has 0 radical (unpaired) electrons. The van der Waals surface area contributed by atoms with E-state index >= 15 is 0 Å². The van der Waals surface area contributed by atoms with Crippen LogP contribution in [0, 0.1) is 5.41 Å². The van der Waals surface area contributed by atoms with Crippen molar-refractivity contribution >= 4 is 17.4 Å². The second-order valence-corrected chi connectivity index (χ2v) is 5.26. The first kappa shape index (κ1) is 12.3. The molecule has 0 bridgehead atoms. The minimum absolute atomic E-state index is 0.0439. The molecule has 0 saturated carbocycles. The summed E-state index contributed by atoms with van der Waals surface area (Å²) < 4.78 is 0. The van der Waals surface area contributed by atoms with Gasteiger partial charge in [0.05, 0.1) is 0 Å². The van der Waals surface area contributed by atoms with Gasteiger partial charge in [0.2, 0.25) is 0 Å². The highest BCUT2D eigenvalue weighted by Crippen LogP contribution is 2.21. The van der Waals surface area contributed by atoms with E-state index in [0.29, 0.717) is 12.3 Å². The molecule has 15 heavy (non-hydrogen) atoms. The predicted molar refractivity (Wildman–Crippen MR) is 64.4 cm³/mol. The van der Waals surface area contributed by atoms with Gasteiger partial charge in [-0.2, -0.15) is 0 Å². The van der Waals surface area contributed by atoms with Crippen LogP contribution in [-0.4, -0.2) is 5.78 Å². The fourth-order valence-corrected chi connectivity index (χ4v) is 1.54. The SMILES string of the molecule is CC(C)(C)CC(=O)c1ccc(CCl)cc1. The van der Waals surface area contributed by atoms with Crippen molar-refractivity contribution < 1.29 is 4.79 Å². The molecule has 0 heterocycles. The molecular formula is C13H17ClO. The highest BCUT2D eigenvalue weighted by Gasteiger charge is 2.16. The topological polar surface area (TPSA) is 17.1 Å². The Bertz CT molecular complexity index is 333. The Kier molecular flexibility index (Phi) is 3.92. The summed E-state index contributed by atoms with van der Waals surface area (Å²) >= 11 is 5.68. The van der Waals surface area contributed by atoms with Crippen LogP contribution in [0.1, 0.15) is 43.1 Å². The average Bonchev–Trinajstić information content (AvgIpc) is 2.15. The van der Waals surface area contributed by atoms with Crippen molar-refractivity contribution in [2.45, 2.75) is 33.1 Å². The molecule has 0 N–H and O–H groups in total. The number of hydrogen-bond donors (Lipinski definition) is 0. The third-order valence-electron chi connectivity index (χ3n) is 2.12. The lowest BCUT2D eigenvalue weighted by Crippen LogP contribution is -2.12. The van der Waals surface area contributed by atoms with Crippen LogP contribution < -0.4 is 0 Å². The summed E-state index contributed by atoms with van der Waals surface area (Å²) in [5.74, 6) is 0.692. The van der Waals surface area contributed by atoms with Gasteiger partial charge < -0.3 is 0 Å². The van der Waals surface area contributed by atoms with Gasteiger partial charge in [-0.1, -0.05) is 45.0 Å². The highest BCUT2D eigenvalue weighted by molar-refractivity contribution is 6.17. The molecule has 0 unspecified atom stereocenters. The van der Waals surface area contributed by atoms with Crippen molar-refractivity contribution in [1.82, 2.24) is 0 Å². The van der Waals surface area contributed by atoms with Gasteiger partial charge in [-0.05, 0) is 11.0 Å². The van der Waals surface area contributed by atoms with Gasteiger partial charge in [-0.3, -0.25) is 4.79 Å². The minimum atomic E-state index is 0.0439. The molecular weight excluding hydrogens is 208 g/mol. The van der Waals surface area contributed by atoms with Crippen LogP contribution in [0.25, 0.3) is 0 Å². The fourth-order valence-electron chi connectivity index (χ4n) is 1.36. The van der Waals surface area contributed by atoms with E-state index in [4.69, 9.17) is 11.6 Å². The first-order valence-corrected chi connectivity index (χ1v) is 5.64. The van der Waals surface area contributed by atoms with Crippen molar-refractivity contribution in [2.24, 2.45) is 5.41 Å². The van der Waals surface area contributed by atoms with Crippen molar-refractivity contribution in [3.63, 3.8) is 0 Å². The second-order valence-electron chi connectivity index (χ2n) is 4.99. The maximum absolute atomic E-state index is 11.8. The van der Waals surface area contributed by atoms with E-state index in [1.54, 1.807) is 0 Å². The van der Waals surface area contributed by atoms with Gasteiger partial charge in [0.1, 0.15) is 0 Å². The summed E-state index contributed by atoms with van der Waals surface area (Å²) in [6.07, 6.45) is 0.577. The number of alkyl halides is 1. The Morgan fingerprint density at radius 3 is 2.13 bits per heavy atom. The first-order valence-electron chi connectivity index (χ1n) is 5.10. The zero-order valence-corrected chi connectivity index (χ0v) is 10.3. The third kappa shape index (κ3) is 4.05. The quantitative estimate of drug-likeness (QED) is 0.559. The molecule has 1 nitrogen and oxygen atoms in total. The van der Waals surface area contributed by atoms with Gasteiger partial charge >= 0.3 is 0 Å². The molecule has 0 saturated heterocycles. The lowest BCUT2D eigenvalue weighted by atomic mass is 9.88. The van der Waals surface area contributed by atoms with Crippen molar-refractivity contribution in [1.29, 1.82) is 0 Å². The Labute approximate surface area is 96.5 Å². The average molecular weight is 225 g/mol.